The first-order valence-corrected chi connectivity index (χ1v) is 12.2. The highest BCUT2D eigenvalue weighted by atomic mass is 32.2. The Morgan fingerprint density at radius 1 is 0.595 bits per heavy atom. The van der Waals surface area contributed by atoms with Crippen LogP contribution in [0.3, 0.4) is 0 Å². The number of rotatable bonds is 8. The molecule has 0 bridgehead atoms. The van der Waals surface area contributed by atoms with Crippen LogP contribution in [0, 0.1) is 20.2 Å². The summed E-state index contributed by atoms with van der Waals surface area (Å²) in [6.45, 7) is 0. The van der Waals surface area contributed by atoms with Crippen LogP contribution in [0.5, 0.6) is 11.5 Å². The summed E-state index contributed by atoms with van der Waals surface area (Å²) >= 11 is 0. The summed E-state index contributed by atoms with van der Waals surface area (Å²) in [6, 6.07) is 19.8. The Kier molecular flexibility index (Phi) is 6.89. The van der Waals surface area contributed by atoms with Crippen molar-refractivity contribution in [2.75, 3.05) is 14.2 Å². The van der Waals surface area contributed by atoms with Gasteiger partial charge >= 0.3 is 0 Å². The largest absolute Gasteiger partial charge is 0.497 e. The van der Waals surface area contributed by atoms with Crippen molar-refractivity contribution < 1.29 is 27.7 Å². The van der Waals surface area contributed by atoms with Crippen molar-refractivity contribution in [2.45, 2.75) is 9.79 Å². The van der Waals surface area contributed by atoms with Crippen molar-refractivity contribution >= 4 is 21.2 Å². The number of hydrogen-bond acceptors (Lipinski definition) is 8. The Labute approximate surface area is 211 Å². The first-order chi connectivity index (χ1) is 17.6. The van der Waals surface area contributed by atoms with Crippen molar-refractivity contribution in [1.29, 1.82) is 0 Å². The average molecular weight is 521 g/mol. The van der Waals surface area contributed by atoms with Crippen LogP contribution >= 0.6 is 0 Å². The van der Waals surface area contributed by atoms with Gasteiger partial charge in [-0.15, -0.1) is 0 Å². The standard InChI is InChI=1S/C26H20N2O8S/c1-35-21-9-3-17(4-10-21)23-15-19(27(29)30)7-13-25(23)37(33,34)26-14-8-20(28(31)32)16-24(26)18-5-11-22(36-2)12-6-18/h3-16H,1-2H3. The van der Waals surface area contributed by atoms with Gasteiger partial charge in [0.2, 0.25) is 9.84 Å². The molecule has 0 atom stereocenters. The molecule has 0 heterocycles. The van der Waals surface area contributed by atoms with E-state index in [1.165, 1.54) is 38.5 Å². The molecule has 0 aliphatic rings. The number of nitro groups is 2. The Morgan fingerprint density at radius 2 is 0.946 bits per heavy atom. The molecule has 188 valence electrons. The second kappa shape index (κ2) is 10.1. The number of nitro benzene ring substituents is 2. The molecule has 0 aliphatic carbocycles. The van der Waals surface area contributed by atoms with Crippen molar-refractivity contribution in [3.63, 3.8) is 0 Å². The van der Waals surface area contributed by atoms with E-state index in [2.05, 4.69) is 0 Å². The summed E-state index contributed by atoms with van der Waals surface area (Å²) in [7, 11) is -1.36. The Balaban J connectivity index is 1.97. The molecule has 0 aromatic heterocycles. The van der Waals surface area contributed by atoms with E-state index in [0.29, 0.717) is 22.6 Å². The predicted octanol–water partition coefficient (Wildman–Crippen LogP) is 5.69. The van der Waals surface area contributed by atoms with Crippen LogP contribution in [0.1, 0.15) is 0 Å². The maximum Gasteiger partial charge on any atom is 0.270 e. The van der Waals surface area contributed by atoms with E-state index < -0.39 is 19.7 Å². The summed E-state index contributed by atoms with van der Waals surface area (Å²) in [5.74, 6) is 1.05. The van der Waals surface area contributed by atoms with Crippen LogP contribution in [0.15, 0.2) is 94.7 Å². The minimum absolute atomic E-state index is 0.107. The lowest BCUT2D eigenvalue weighted by molar-refractivity contribution is -0.385. The second-order valence-electron chi connectivity index (χ2n) is 7.84. The lowest BCUT2D eigenvalue weighted by Crippen LogP contribution is -2.07. The van der Waals surface area contributed by atoms with E-state index in [1.807, 2.05) is 0 Å². The highest BCUT2D eigenvalue weighted by Crippen LogP contribution is 2.39. The van der Waals surface area contributed by atoms with Crippen LogP contribution in [0.4, 0.5) is 11.4 Å². The lowest BCUT2D eigenvalue weighted by atomic mass is 10.0. The van der Waals surface area contributed by atoms with Gasteiger partial charge in [-0.3, -0.25) is 20.2 Å². The highest BCUT2D eigenvalue weighted by molar-refractivity contribution is 7.91. The SMILES string of the molecule is COc1ccc(-c2cc([N+](=O)[O-])ccc2S(=O)(=O)c2ccc([N+](=O)[O-])cc2-c2ccc(OC)cc2)cc1. The lowest BCUT2D eigenvalue weighted by Gasteiger charge is -2.15. The zero-order valence-corrected chi connectivity index (χ0v) is 20.5. The van der Waals surface area contributed by atoms with Crippen molar-refractivity contribution in [2.24, 2.45) is 0 Å². The molecular formula is C26H20N2O8S. The van der Waals surface area contributed by atoms with Gasteiger partial charge in [0.05, 0.1) is 33.9 Å². The number of sulfone groups is 1. The van der Waals surface area contributed by atoms with Gasteiger partial charge < -0.3 is 9.47 Å². The van der Waals surface area contributed by atoms with Gasteiger partial charge in [0.25, 0.3) is 11.4 Å². The van der Waals surface area contributed by atoms with Crippen LogP contribution in [0.2, 0.25) is 0 Å². The Hall–Kier alpha value is -4.77. The van der Waals surface area contributed by atoms with E-state index in [4.69, 9.17) is 9.47 Å². The summed E-state index contributed by atoms with van der Waals surface area (Å²) < 4.78 is 38.4. The number of nitrogens with zero attached hydrogens (tertiary/aromatic N) is 2. The molecule has 11 heteroatoms. The van der Waals surface area contributed by atoms with Gasteiger partial charge in [-0.1, -0.05) is 24.3 Å². The van der Waals surface area contributed by atoms with Crippen molar-refractivity contribution in [1.82, 2.24) is 0 Å². The van der Waals surface area contributed by atoms with Gasteiger partial charge in [-0.25, -0.2) is 8.42 Å². The van der Waals surface area contributed by atoms with Crippen LogP contribution in [-0.2, 0) is 9.84 Å². The normalized spacial score (nSPS) is 11.1. The molecule has 0 fully saturated rings. The molecule has 0 unspecified atom stereocenters. The third-order valence-electron chi connectivity index (χ3n) is 5.73. The maximum atomic E-state index is 14.0. The van der Waals surface area contributed by atoms with Gasteiger partial charge in [-0.05, 0) is 47.5 Å². The molecule has 4 aromatic rings. The molecule has 0 amide bonds. The third-order valence-corrected chi connectivity index (χ3v) is 7.60. The van der Waals surface area contributed by atoms with E-state index in [1.54, 1.807) is 48.5 Å². The van der Waals surface area contributed by atoms with Crippen LogP contribution < -0.4 is 9.47 Å². The number of ether oxygens (including phenoxy) is 2. The van der Waals surface area contributed by atoms with E-state index in [9.17, 15) is 28.6 Å². The topological polar surface area (TPSA) is 139 Å². The van der Waals surface area contributed by atoms with Gasteiger partial charge in [0.15, 0.2) is 0 Å². The van der Waals surface area contributed by atoms with Gasteiger partial charge in [0, 0.05) is 35.4 Å². The molecule has 0 saturated heterocycles. The number of methoxy groups -OCH3 is 2. The fraction of sp³-hybridized carbons (Fsp3) is 0.0769. The average Bonchev–Trinajstić information content (AvgIpc) is 2.92. The third kappa shape index (κ3) is 4.98. The quantitative estimate of drug-likeness (QED) is 0.213. The minimum Gasteiger partial charge on any atom is -0.497 e. The molecular weight excluding hydrogens is 500 g/mol. The zero-order chi connectivity index (χ0) is 26.7. The van der Waals surface area contributed by atoms with Crippen molar-refractivity contribution in [3.8, 4) is 33.8 Å². The fourth-order valence-corrected chi connectivity index (χ4v) is 5.51. The van der Waals surface area contributed by atoms with Crippen molar-refractivity contribution in [3.05, 3.63) is 105 Å². The molecule has 0 aliphatic heterocycles. The highest BCUT2D eigenvalue weighted by Gasteiger charge is 2.28. The molecule has 10 nitrogen and oxygen atoms in total. The Morgan fingerprint density at radius 3 is 1.24 bits per heavy atom. The van der Waals surface area contributed by atoms with E-state index >= 15 is 0 Å². The second-order valence-corrected chi connectivity index (χ2v) is 9.72. The molecule has 0 spiro atoms. The number of hydrogen-bond donors (Lipinski definition) is 0. The fourth-order valence-electron chi connectivity index (χ4n) is 3.84. The molecule has 4 rings (SSSR count). The summed E-state index contributed by atoms with van der Waals surface area (Å²) in [5, 5.41) is 22.9. The molecule has 37 heavy (non-hydrogen) atoms. The summed E-state index contributed by atoms with van der Waals surface area (Å²) in [6.07, 6.45) is 0. The van der Waals surface area contributed by atoms with Gasteiger partial charge in [-0.2, -0.15) is 0 Å². The molecule has 0 N–H and O–H groups in total. The van der Waals surface area contributed by atoms with E-state index in [0.717, 1.165) is 12.1 Å². The molecule has 0 saturated carbocycles. The maximum absolute atomic E-state index is 14.0. The predicted molar refractivity (Wildman–Crippen MR) is 136 cm³/mol. The van der Waals surface area contributed by atoms with Crippen LogP contribution in [-0.4, -0.2) is 32.5 Å². The zero-order valence-electron chi connectivity index (χ0n) is 19.7. The molecule has 4 aromatic carbocycles. The van der Waals surface area contributed by atoms with Crippen LogP contribution in [0.25, 0.3) is 22.3 Å². The first kappa shape index (κ1) is 25.3. The monoisotopic (exact) mass is 520 g/mol. The summed E-state index contributed by atoms with van der Waals surface area (Å²) in [5.41, 5.74) is 0.464. The van der Waals surface area contributed by atoms with Gasteiger partial charge in [0.1, 0.15) is 11.5 Å². The Bertz CT molecular complexity index is 1480. The molecule has 0 radical (unpaired) electrons. The number of non-ortho nitro benzene ring substituents is 2. The smallest absolute Gasteiger partial charge is 0.270 e. The number of benzene rings is 4. The minimum atomic E-state index is -4.32. The summed E-state index contributed by atoms with van der Waals surface area (Å²) in [4.78, 5) is 21.3. The van der Waals surface area contributed by atoms with E-state index in [-0.39, 0.29) is 32.3 Å². The first-order valence-electron chi connectivity index (χ1n) is 10.8.